The van der Waals surface area contributed by atoms with Crippen molar-refractivity contribution in [1.29, 1.82) is 0 Å². The average molecular weight is 390 g/mol. The Balaban J connectivity index is 1.60. The molecule has 4 nitrogen and oxygen atoms in total. The Kier molecular flexibility index (Phi) is 5.51. The number of nitrogens with zero attached hydrogens (tertiary/aromatic N) is 3. The van der Waals surface area contributed by atoms with Gasteiger partial charge in [0.15, 0.2) is 0 Å². The first-order chi connectivity index (χ1) is 13.7. The zero-order chi connectivity index (χ0) is 19.3. The van der Waals surface area contributed by atoms with Crippen molar-refractivity contribution in [3.8, 4) is 5.69 Å². The Bertz CT molecular complexity index is 1010. The zero-order valence-electron chi connectivity index (χ0n) is 15.5. The molecule has 0 bridgehead atoms. The summed E-state index contributed by atoms with van der Waals surface area (Å²) in [4.78, 5) is 4.00. The second-order valence-corrected chi connectivity index (χ2v) is 7.10. The lowest BCUT2D eigenvalue weighted by Crippen LogP contribution is -2.07. The van der Waals surface area contributed by atoms with Gasteiger partial charge in [-0.15, -0.1) is 0 Å². The molecular weight excluding hydrogens is 370 g/mol. The monoisotopic (exact) mass is 389 g/mol. The summed E-state index contributed by atoms with van der Waals surface area (Å²) >= 11 is 5.99. The van der Waals surface area contributed by atoms with E-state index in [-0.39, 0.29) is 6.10 Å². The van der Waals surface area contributed by atoms with Crippen molar-refractivity contribution < 1.29 is 4.74 Å². The third-order valence-corrected chi connectivity index (χ3v) is 4.84. The smallest absolute Gasteiger partial charge is 0.138 e. The molecule has 1 aromatic heterocycles. The number of benzene rings is 3. The molecule has 28 heavy (non-hydrogen) atoms. The third-order valence-electron chi connectivity index (χ3n) is 4.59. The summed E-state index contributed by atoms with van der Waals surface area (Å²) < 4.78 is 8.07. The van der Waals surface area contributed by atoms with Crippen LogP contribution in [0.4, 0.5) is 0 Å². The lowest BCUT2D eigenvalue weighted by atomic mass is 10.00. The number of halogens is 1. The van der Waals surface area contributed by atoms with E-state index in [2.05, 4.69) is 53.4 Å². The normalized spacial score (nSPS) is 12.1. The molecule has 0 amide bonds. The molecule has 4 aromatic rings. The summed E-state index contributed by atoms with van der Waals surface area (Å²) in [7, 11) is 0. The zero-order valence-corrected chi connectivity index (χ0v) is 16.3. The van der Waals surface area contributed by atoms with Crippen LogP contribution in [0.15, 0.2) is 85.5 Å². The quantitative estimate of drug-likeness (QED) is 0.435. The molecule has 5 heteroatoms. The average Bonchev–Trinajstić information content (AvgIpc) is 3.26. The number of hydrogen-bond donors (Lipinski definition) is 0. The number of aryl methyl sites for hydroxylation is 1. The lowest BCUT2D eigenvalue weighted by Gasteiger charge is -2.20. The molecule has 0 N–H and O–H groups in total. The van der Waals surface area contributed by atoms with Gasteiger partial charge >= 0.3 is 0 Å². The molecular formula is C23H20ClN3O. The molecule has 0 aliphatic carbocycles. The predicted molar refractivity (Wildman–Crippen MR) is 111 cm³/mol. The Hall–Kier alpha value is -2.95. The SMILES string of the molecule is Cc1ccc(C(OCc2ccc(Cl)cc2)c2ccc(-n3cncn3)cc2)cc1. The second kappa shape index (κ2) is 8.38. The summed E-state index contributed by atoms with van der Waals surface area (Å²) in [5.41, 5.74) is 5.47. The van der Waals surface area contributed by atoms with Crippen molar-refractivity contribution in [2.45, 2.75) is 19.6 Å². The fourth-order valence-electron chi connectivity index (χ4n) is 3.03. The standard InChI is InChI=1S/C23H20ClN3O/c1-17-2-6-19(7-3-17)23(28-14-18-4-10-21(24)11-5-18)20-8-12-22(13-9-20)27-16-25-15-26-27/h2-13,15-16,23H,14H2,1H3. The molecule has 0 saturated heterocycles. The van der Waals surface area contributed by atoms with Crippen LogP contribution >= 0.6 is 11.6 Å². The van der Waals surface area contributed by atoms with Gasteiger partial charge in [0.05, 0.1) is 12.3 Å². The van der Waals surface area contributed by atoms with E-state index in [1.807, 2.05) is 36.4 Å². The maximum atomic E-state index is 6.33. The topological polar surface area (TPSA) is 39.9 Å². The molecule has 0 spiro atoms. The molecule has 1 atom stereocenters. The van der Waals surface area contributed by atoms with E-state index in [1.54, 1.807) is 11.0 Å². The number of ether oxygens (including phenoxy) is 1. The van der Waals surface area contributed by atoms with Gasteiger partial charge in [0, 0.05) is 5.02 Å². The van der Waals surface area contributed by atoms with E-state index in [0.29, 0.717) is 6.61 Å². The van der Waals surface area contributed by atoms with Gasteiger partial charge in [0.1, 0.15) is 18.8 Å². The van der Waals surface area contributed by atoms with Crippen LogP contribution in [0.1, 0.15) is 28.4 Å². The van der Waals surface area contributed by atoms with E-state index >= 15 is 0 Å². The van der Waals surface area contributed by atoms with Crippen molar-refractivity contribution in [3.05, 3.63) is 113 Å². The van der Waals surface area contributed by atoms with Crippen LogP contribution in [-0.2, 0) is 11.3 Å². The maximum Gasteiger partial charge on any atom is 0.138 e. The molecule has 140 valence electrons. The molecule has 0 saturated carbocycles. The van der Waals surface area contributed by atoms with E-state index in [1.165, 1.54) is 11.9 Å². The fourth-order valence-corrected chi connectivity index (χ4v) is 3.16. The van der Waals surface area contributed by atoms with Crippen LogP contribution in [0, 0.1) is 6.92 Å². The molecule has 0 radical (unpaired) electrons. The van der Waals surface area contributed by atoms with Gasteiger partial charge in [-0.1, -0.05) is 65.7 Å². The van der Waals surface area contributed by atoms with E-state index < -0.39 is 0 Å². The van der Waals surface area contributed by atoms with Gasteiger partial charge in [-0.05, 0) is 47.9 Å². The number of aromatic nitrogens is 3. The summed E-state index contributed by atoms with van der Waals surface area (Å²) in [5.74, 6) is 0. The van der Waals surface area contributed by atoms with Crippen LogP contribution in [0.2, 0.25) is 5.02 Å². The fraction of sp³-hybridized carbons (Fsp3) is 0.130. The minimum Gasteiger partial charge on any atom is -0.364 e. The van der Waals surface area contributed by atoms with Crippen LogP contribution in [0.3, 0.4) is 0 Å². The molecule has 1 unspecified atom stereocenters. The molecule has 3 aromatic carbocycles. The van der Waals surface area contributed by atoms with Gasteiger partial charge < -0.3 is 4.74 Å². The summed E-state index contributed by atoms with van der Waals surface area (Å²) in [6.07, 6.45) is 3.04. The van der Waals surface area contributed by atoms with Gasteiger partial charge in [-0.3, -0.25) is 0 Å². The van der Waals surface area contributed by atoms with Crippen molar-refractivity contribution >= 4 is 11.6 Å². The van der Waals surface area contributed by atoms with Crippen molar-refractivity contribution in [3.63, 3.8) is 0 Å². The Labute approximate surface area is 169 Å². The van der Waals surface area contributed by atoms with Crippen molar-refractivity contribution in [2.24, 2.45) is 0 Å². The molecule has 0 aliphatic rings. The van der Waals surface area contributed by atoms with Crippen LogP contribution < -0.4 is 0 Å². The molecule has 4 rings (SSSR count). The molecule has 0 fully saturated rings. The largest absolute Gasteiger partial charge is 0.364 e. The van der Waals surface area contributed by atoms with Crippen LogP contribution in [0.5, 0.6) is 0 Å². The summed E-state index contributed by atoms with van der Waals surface area (Å²) in [6, 6.07) is 24.4. The first-order valence-corrected chi connectivity index (χ1v) is 9.44. The number of hydrogen-bond acceptors (Lipinski definition) is 3. The lowest BCUT2D eigenvalue weighted by molar-refractivity contribution is 0.0667. The van der Waals surface area contributed by atoms with E-state index in [0.717, 1.165) is 27.4 Å². The van der Waals surface area contributed by atoms with Crippen molar-refractivity contribution in [2.75, 3.05) is 0 Å². The maximum absolute atomic E-state index is 6.33. The van der Waals surface area contributed by atoms with Crippen LogP contribution in [0.25, 0.3) is 5.69 Å². The minimum atomic E-state index is -0.166. The highest BCUT2D eigenvalue weighted by Gasteiger charge is 2.15. The van der Waals surface area contributed by atoms with Crippen LogP contribution in [-0.4, -0.2) is 14.8 Å². The van der Waals surface area contributed by atoms with Gasteiger partial charge in [0.2, 0.25) is 0 Å². The highest BCUT2D eigenvalue weighted by atomic mass is 35.5. The highest BCUT2D eigenvalue weighted by Crippen LogP contribution is 2.28. The van der Waals surface area contributed by atoms with Gasteiger partial charge in [-0.25, -0.2) is 9.67 Å². The van der Waals surface area contributed by atoms with Gasteiger partial charge in [-0.2, -0.15) is 5.10 Å². The molecule has 0 aliphatic heterocycles. The van der Waals surface area contributed by atoms with Crippen molar-refractivity contribution in [1.82, 2.24) is 14.8 Å². The van der Waals surface area contributed by atoms with E-state index in [9.17, 15) is 0 Å². The third kappa shape index (κ3) is 4.30. The molecule has 1 heterocycles. The Morgan fingerprint density at radius 3 is 2.14 bits per heavy atom. The highest BCUT2D eigenvalue weighted by molar-refractivity contribution is 6.30. The predicted octanol–water partition coefficient (Wildman–Crippen LogP) is 5.54. The Morgan fingerprint density at radius 2 is 1.54 bits per heavy atom. The van der Waals surface area contributed by atoms with E-state index in [4.69, 9.17) is 16.3 Å². The first-order valence-electron chi connectivity index (χ1n) is 9.06. The second-order valence-electron chi connectivity index (χ2n) is 6.66. The minimum absolute atomic E-state index is 0.166. The summed E-state index contributed by atoms with van der Waals surface area (Å²) in [6.45, 7) is 2.58. The Morgan fingerprint density at radius 1 is 0.893 bits per heavy atom. The summed E-state index contributed by atoms with van der Waals surface area (Å²) in [5, 5.41) is 4.90. The first kappa shape index (κ1) is 18.4. The van der Waals surface area contributed by atoms with Gasteiger partial charge in [0.25, 0.3) is 0 Å². The number of rotatable bonds is 6.